The zero-order chi connectivity index (χ0) is 79.2. The summed E-state index contributed by atoms with van der Waals surface area (Å²) in [6.45, 7) is 16.8. The van der Waals surface area contributed by atoms with Crippen LogP contribution in [0.4, 0.5) is 11.4 Å². The number of aliphatic hydroxyl groups is 1. The lowest BCUT2D eigenvalue weighted by Crippen LogP contribution is -2.66. The molecule has 110 heavy (non-hydrogen) atoms. The molecule has 8 aliphatic heterocycles. The molecule has 10 rings (SSSR count). The quantitative estimate of drug-likeness (QED) is 0.218. The van der Waals surface area contributed by atoms with Crippen molar-refractivity contribution in [2.75, 3.05) is 121 Å². The Morgan fingerprint density at radius 1 is 0.518 bits per heavy atom. The summed E-state index contributed by atoms with van der Waals surface area (Å²) in [7, 11) is 1.44. The van der Waals surface area contributed by atoms with Crippen molar-refractivity contribution in [2.45, 2.75) is 171 Å². The monoisotopic (exact) mass is 1570 g/mol. The highest BCUT2D eigenvalue weighted by Crippen LogP contribution is 2.43. The topological polar surface area (TPSA) is 391 Å². The van der Waals surface area contributed by atoms with E-state index in [9.17, 15) is 72.2 Å². The van der Waals surface area contributed by atoms with E-state index >= 15 is 0 Å². The highest BCUT2D eigenvalue weighted by molar-refractivity contribution is 8.17. The average molecular weight is 1570 g/mol. The smallest absolute Gasteiger partial charge is 0.256 e. The van der Waals surface area contributed by atoms with Gasteiger partial charge in [-0.25, -0.2) is 0 Å². The second-order valence-corrected chi connectivity index (χ2v) is 31.8. The van der Waals surface area contributed by atoms with Crippen molar-refractivity contribution in [1.29, 1.82) is 0 Å². The number of thioether (sulfide) groups is 2. The zero-order valence-corrected chi connectivity index (χ0v) is 64.7. The summed E-state index contributed by atoms with van der Waals surface area (Å²) >= 11 is 2.18. The summed E-state index contributed by atoms with van der Waals surface area (Å²) in [5.74, 6) is -8.82. The van der Waals surface area contributed by atoms with Gasteiger partial charge in [-0.05, 0) is 68.6 Å². The third kappa shape index (κ3) is 19.9. The van der Waals surface area contributed by atoms with Gasteiger partial charge < -0.3 is 74.2 Å². The summed E-state index contributed by atoms with van der Waals surface area (Å²) < 4.78 is 41.1. The predicted molar refractivity (Wildman–Crippen MR) is 401 cm³/mol. The SMILES string of the molecule is C=C1C[C@H]2CN3C(=O)CCC(=O)[C@H](C(C)C)NC(=O)CCOCCOCCNC(=O)C4C(C(=O)NCCOCCOCCC(=O)N[C@@H](C(C)C)C(=O)CCC(=O)N5c6cc(c(C)cc6C(=O)N6CC(=C)C[C@H]6[C@@H]5O)OCCCCCOc5cc3c(cc5OC)C(=O)N2C1)N1C(=O)CC(SCSC2CC(=O)N4C2=O)C1=O. The number of hydrogen-bond acceptors (Lipinski definition) is 24. The van der Waals surface area contributed by atoms with E-state index in [2.05, 4.69) is 34.4 Å². The maximum Gasteiger partial charge on any atom is 0.256 e. The van der Waals surface area contributed by atoms with Crippen LogP contribution < -0.4 is 45.3 Å². The molecule has 2 aromatic rings. The Morgan fingerprint density at radius 3 is 1.54 bits per heavy atom. The van der Waals surface area contributed by atoms with E-state index in [0.29, 0.717) is 52.4 Å². The number of rotatable bonds is 3. The molecule has 5 fully saturated rings. The summed E-state index contributed by atoms with van der Waals surface area (Å²) in [6, 6.07) is -0.905. The summed E-state index contributed by atoms with van der Waals surface area (Å²) in [6.07, 6.45) is -1.39. The molecule has 0 spiro atoms. The number of nitrogens with zero attached hydrogens (tertiary/aromatic N) is 6. The van der Waals surface area contributed by atoms with Gasteiger partial charge in [-0.1, -0.05) is 52.0 Å². The van der Waals surface area contributed by atoms with E-state index in [0.717, 1.165) is 34.0 Å². The van der Waals surface area contributed by atoms with Crippen molar-refractivity contribution in [2.24, 2.45) is 11.8 Å². The molecule has 4 unspecified atom stereocenters. The Balaban J connectivity index is 0.834. The van der Waals surface area contributed by atoms with Gasteiger partial charge in [0.2, 0.25) is 59.1 Å². The minimum absolute atomic E-state index is 0.0116. The number of nitrogens with one attached hydrogen (secondary N) is 4. The first-order chi connectivity index (χ1) is 52.7. The molecular weight excluding hydrogens is 1470 g/mol. The van der Waals surface area contributed by atoms with E-state index in [-0.39, 0.29) is 201 Å². The molecule has 34 heteroatoms. The number of ether oxygens (including phenoxy) is 7. The number of aliphatic hydroxyl groups excluding tert-OH is 1. The summed E-state index contributed by atoms with van der Waals surface area (Å²) in [5, 5.41) is 21.2. The van der Waals surface area contributed by atoms with Gasteiger partial charge in [0.15, 0.2) is 29.3 Å². The Hall–Kier alpha value is -8.80. The fraction of sp³-hybridized carbons (Fsp3) is 0.605. The first kappa shape index (κ1) is 83.7. The van der Waals surface area contributed by atoms with Crippen LogP contribution in [-0.2, 0) is 76.5 Å². The molecule has 0 aromatic heterocycles. The molecule has 5 N–H and O–H groups in total. The Morgan fingerprint density at radius 2 is 1.00 bits per heavy atom. The molecule has 0 saturated carbocycles. The Bertz CT molecular complexity index is 3910. The molecule has 9 atom stereocenters. The van der Waals surface area contributed by atoms with E-state index in [1.54, 1.807) is 63.8 Å². The molecular formula is C76H100N10O22S2. The van der Waals surface area contributed by atoms with Gasteiger partial charge in [-0.2, -0.15) is 0 Å². The molecule has 0 radical (unpaired) electrons. The normalized spacial score (nSPS) is 27.2. The van der Waals surface area contributed by atoms with E-state index in [4.69, 9.17) is 33.2 Å². The van der Waals surface area contributed by atoms with Crippen LogP contribution in [0.2, 0.25) is 0 Å². The number of methoxy groups -OCH3 is 1. The largest absolute Gasteiger partial charge is 0.493 e. The van der Waals surface area contributed by atoms with Crippen LogP contribution in [-0.4, -0.2) is 271 Å². The highest BCUT2D eigenvalue weighted by atomic mass is 32.2. The van der Waals surface area contributed by atoms with Crippen LogP contribution in [0.25, 0.3) is 0 Å². The van der Waals surface area contributed by atoms with Crippen molar-refractivity contribution >= 4 is 117 Å². The van der Waals surface area contributed by atoms with Crippen LogP contribution in [0.1, 0.15) is 137 Å². The standard InChI is InChI=1S/C76H100N10O22S2/c1-42(2)66-53(87)12-14-62(91)82-40-47-30-44(5)38-81(47)72(97)49-33-56(102-8)57(34-50(49)82)108-21-11-9-10-20-107-55-35-51-48(32-46(55)7)73(98)83-39-45(6)31-52(83)74(99)84(51)63(92)15-13-54(88)67(43(3)4)80-61(90)17-23-104-27-29-106-25-19-78-71(96)69-68(70(95)77-18-24-105-28-26-103-22-16-60(89)79-66)85-64(93)36-58(75(85)100)109-41-110-59-37-65(94)86(69)76(59)101/h32-35,42-43,47,52,58-59,66-69,74,99H,5-6,9-31,36-41H2,1-4,7-8H3,(H,77,95)(H,78,96)(H,79,89)(H,80,90)/t47-,52-,58?,59?,66-,67-,68?,69?,74-/m0/s1. The minimum Gasteiger partial charge on any atom is -0.493 e. The molecule has 2 aromatic carbocycles. The lowest BCUT2D eigenvalue weighted by molar-refractivity contribution is -0.158. The van der Waals surface area contributed by atoms with Gasteiger partial charge in [0.25, 0.3) is 11.8 Å². The van der Waals surface area contributed by atoms with Gasteiger partial charge >= 0.3 is 0 Å². The second kappa shape index (κ2) is 38.4. The summed E-state index contributed by atoms with van der Waals surface area (Å²) in [4.78, 5) is 204. The average Bonchev–Trinajstić information content (AvgIpc) is 1.61. The van der Waals surface area contributed by atoms with Crippen LogP contribution in [0.5, 0.6) is 17.2 Å². The molecule has 12 amide bonds. The Labute approximate surface area is 646 Å². The van der Waals surface area contributed by atoms with Gasteiger partial charge in [0.1, 0.15) is 17.8 Å². The van der Waals surface area contributed by atoms with Gasteiger partial charge in [-0.3, -0.25) is 81.8 Å². The fourth-order valence-electron chi connectivity index (χ4n) is 14.7. The number of fused-ring (bicyclic) bond motifs is 11. The maximum atomic E-state index is 14.6. The van der Waals surface area contributed by atoms with Crippen molar-refractivity contribution in [3.63, 3.8) is 0 Å². The fourth-order valence-corrected chi connectivity index (χ4v) is 17.4. The number of carbonyl (C=O) groups is 14. The highest BCUT2D eigenvalue weighted by Gasteiger charge is 2.57. The Kier molecular flexibility index (Phi) is 29.2. The third-order valence-electron chi connectivity index (χ3n) is 20.5. The van der Waals surface area contributed by atoms with Crippen molar-refractivity contribution in [3.8, 4) is 17.2 Å². The number of aryl methyl sites for hydroxylation is 1. The van der Waals surface area contributed by atoms with Crippen molar-refractivity contribution in [1.82, 2.24) is 40.9 Å². The molecule has 8 heterocycles. The number of anilines is 2. The summed E-state index contributed by atoms with van der Waals surface area (Å²) in [5.41, 5.74) is 2.78. The van der Waals surface area contributed by atoms with Crippen LogP contribution in [0.15, 0.2) is 48.6 Å². The number of benzene rings is 2. The lowest BCUT2D eigenvalue weighted by Gasteiger charge is -2.35. The maximum absolute atomic E-state index is 14.6. The van der Waals surface area contributed by atoms with Gasteiger partial charge in [0.05, 0.1) is 130 Å². The van der Waals surface area contributed by atoms with Crippen molar-refractivity contribution < 1.29 is 105 Å². The molecule has 0 aliphatic carbocycles. The predicted octanol–water partition coefficient (Wildman–Crippen LogP) is 2.69. The molecule has 598 valence electrons. The number of amides is 12. The van der Waals surface area contributed by atoms with Crippen LogP contribution in [0.3, 0.4) is 0 Å². The van der Waals surface area contributed by atoms with Crippen LogP contribution in [0, 0.1) is 18.8 Å². The first-order valence-electron chi connectivity index (χ1n) is 37.5. The number of ketones is 2. The molecule has 5 saturated heterocycles. The van der Waals surface area contributed by atoms with Crippen LogP contribution >= 0.6 is 23.5 Å². The van der Waals surface area contributed by atoms with Gasteiger partial charge in [-0.15, -0.1) is 23.5 Å². The lowest BCUT2D eigenvalue weighted by atomic mass is 9.96. The zero-order valence-electron chi connectivity index (χ0n) is 63.1. The number of carbonyl (C=O) groups excluding carboxylic acids is 14. The third-order valence-corrected chi connectivity index (χ3v) is 23.1. The number of hydrogen-bond donors (Lipinski definition) is 5. The van der Waals surface area contributed by atoms with E-state index in [1.165, 1.54) is 16.9 Å². The van der Waals surface area contributed by atoms with Crippen molar-refractivity contribution in [3.05, 3.63) is 65.3 Å². The van der Waals surface area contributed by atoms with E-state index < -0.39 is 142 Å². The molecule has 32 nitrogen and oxygen atoms in total. The number of Topliss-reactive ketones (excluding diaryl/α,β-unsaturated/α-hetero) is 2. The first-order valence-corrected chi connectivity index (χ1v) is 39.6. The molecule has 8 aliphatic rings. The van der Waals surface area contributed by atoms with E-state index in [1.807, 2.05) is 0 Å². The molecule has 8 bridgehead atoms. The van der Waals surface area contributed by atoms with Gasteiger partial charge in [0, 0.05) is 101 Å². The minimum atomic E-state index is -1.99. The number of imide groups is 2. The second-order valence-electron chi connectivity index (χ2n) is 29.1.